The van der Waals surface area contributed by atoms with Crippen molar-refractivity contribution in [3.63, 3.8) is 0 Å². The molecule has 4 rings (SSSR count). The summed E-state index contributed by atoms with van der Waals surface area (Å²) < 4.78 is 0. The smallest absolute Gasteiger partial charge is 0.0924 e. The molecule has 0 bridgehead atoms. The zero-order chi connectivity index (χ0) is 19.5. The van der Waals surface area contributed by atoms with Crippen molar-refractivity contribution >= 4 is 21.7 Å². The van der Waals surface area contributed by atoms with Crippen LogP contribution in [0.15, 0.2) is 72.8 Å². The van der Waals surface area contributed by atoms with Gasteiger partial charge < -0.3 is 10.0 Å². The Morgan fingerprint density at radius 3 is 2.36 bits per heavy atom. The molecule has 3 nitrogen and oxygen atoms in total. The van der Waals surface area contributed by atoms with Crippen molar-refractivity contribution in [3.8, 4) is 11.3 Å². The maximum absolute atomic E-state index is 11.0. The monoisotopic (exact) mass is 370 g/mol. The van der Waals surface area contributed by atoms with Crippen molar-refractivity contribution in [2.45, 2.75) is 20.0 Å². The lowest BCUT2D eigenvalue weighted by atomic mass is 9.98. The molecule has 3 heteroatoms. The van der Waals surface area contributed by atoms with Crippen molar-refractivity contribution in [1.29, 1.82) is 0 Å². The predicted octanol–water partition coefficient (Wildman–Crippen LogP) is 5.43. The predicted molar refractivity (Wildman–Crippen MR) is 117 cm³/mol. The number of aliphatic hydroxyl groups excluding tert-OH is 1. The summed E-state index contributed by atoms with van der Waals surface area (Å²) in [6.07, 6.45) is -0.549. The molecule has 4 aromatic rings. The van der Waals surface area contributed by atoms with Gasteiger partial charge in [0.1, 0.15) is 0 Å². The topological polar surface area (TPSA) is 36.4 Å². The van der Waals surface area contributed by atoms with Crippen LogP contribution in [0.25, 0.3) is 32.9 Å². The summed E-state index contributed by atoms with van der Waals surface area (Å²) in [7, 11) is 0. The van der Waals surface area contributed by atoms with Crippen LogP contribution < -0.4 is 0 Å². The molecular weight excluding hydrogens is 344 g/mol. The van der Waals surface area contributed by atoms with E-state index in [1.807, 2.05) is 24.3 Å². The molecule has 142 valence electrons. The zero-order valence-corrected chi connectivity index (χ0v) is 16.5. The van der Waals surface area contributed by atoms with Gasteiger partial charge in [0.25, 0.3) is 0 Å². The molecule has 0 saturated carbocycles. The number of rotatable bonds is 6. The minimum Gasteiger partial charge on any atom is -0.387 e. The highest BCUT2D eigenvalue weighted by atomic mass is 16.3. The van der Waals surface area contributed by atoms with Gasteiger partial charge in [-0.2, -0.15) is 0 Å². The Hall–Kier alpha value is -2.75. The number of fused-ring (bicyclic) bond motifs is 2. The van der Waals surface area contributed by atoms with Crippen molar-refractivity contribution in [2.24, 2.45) is 0 Å². The Bertz CT molecular complexity index is 1100. The summed E-state index contributed by atoms with van der Waals surface area (Å²) in [5.74, 6) is 0. The molecule has 0 aliphatic carbocycles. The Morgan fingerprint density at radius 2 is 1.57 bits per heavy atom. The van der Waals surface area contributed by atoms with Gasteiger partial charge in [0.2, 0.25) is 0 Å². The summed E-state index contributed by atoms with van der Waals surface area (Å²) in [4.78, 5) is 7.14. The minimum atomic E-state index is -0.549. The van der Waals surface area contributed by atoms with Gasteiger partial charge in [0, 0.05) is 17.5 Å². The number of benzene rings is 3. The fraction of sp³-hybridized carbons (Fsp3) is 0.240. The van der Waals surface area contributed by atoms with Crippen molar-refractivity contribution in [1.82, 2.24) is 9.88 Å². The normalized spacial score (nSPS) is 12.7. The molecule has 0 unspecified atom stereocenters. The van der Waals surface area contributed by atoms with Crippen LogP contribution in [0.4, 0.5) is 0 Å². The third kappa shape index (κ3) is 3.64. The standard InChI is InChI=1S/C25H26N2O/c1-3-27(4-2)17-25(28)22-16-24(26-23-12-8-7-11-21(22)23)20-14-13-18-9-5-6-10-19(18)15-20/h5-16,25,28H,3-4,17H2,1-2H3/t25-/m0/s1. The van der Waals surface area contributed by atoms with Crippen LogP contribution >= 0.6 is 0 Å². The fourth-order valence-corrected chi connectivity index (χ4v) is 3.80. The van der Waals surface area contributed by atoms with Gasteiger partial charge in [-0.15, -0.1) is 0 Å². The van der Waals surface area contributed by atoms with E-state index in [-0.39, 0.29) is 0 Å². The van der Waals surface area contributed by atoms with E-state index >= 15 is 0 Å². The van der Waals surface area contributed by atoms with E-state index in [1.165, 1.54) is 10.8 Å². The third-order valence-electron chi connectivity index (χ3n) is 5.48. The molecule has 0 radical (unpaired) electrons. The average Bonchev–Trinajstić information content (AvgIpc) is 2.76. The summed E-state index contributed by atoms with van der Waals surface area (Å²) in [5.41, 5.74) is 3.83. The summed E-state index contributed by atoms with van der Waals surface area (Å²) in [5, 5.41) is 14.5. The van der Waals surface area contributed by atoms with E-state index in [4.69, 9.17) is 4.98 Å². The van der Waals surface area contributed by atoms with E-state index in [0.29, 0.717) is 6.54 Å². The van der Waals surface area contributed by atoms with E-state index in [9.17, 15) is 5.11 Å². The fourth-order valence-electron chi connectivity index (χ4n) is 3.80. The number of nitrogens with zero attached hydrogens (tertiary/aromatic N) is 2. The van der Waals surface area contributed by atoms with Gasteiger partial charge >= 0.3 is 0 Å². The molecule has 1 aromatic heterocycles. The van der Waals surface area contributed by atoms with Gasteiger partial charge in [0.15, 0.2) is 0 Å². The van der Waals surface area contributed by atoms with Gasteiger partial charge in [-0.3, -0.25) is 0 Å². The molecule has 1 heterocycles. The van der Waals surface area contributed by atoms with Crippen molar-refractivity contribution in [2.75, 3.05) is 19.6 Å². The molecule has 0 aliphatic heterocycles. The number of para-hydroxylation sites is 1. The van der Waals surface area contributed by atoms with Crippen LogP contribution in [0, 0.1) is 0 Å². The summed E-state index contributed by atoms with van der Waals surface area (Å²) in [6, 6.07) is 24.9. The highest BCUT2D eigenvalue weighted by Crippen LogP contribution is 2.30. The molecule has 3 aromatic carbocycles. The molecule has 1 N–H and O–H groups in total. The average molecular weight is 370 g/mol. The molecule has 0 fully saturated rings. The summed E-state index contributed by atoms with van der Waals surface area (Å²) >= 11 is 0. The van der Waals surface area contributed by atoms with Crippen LogP contribution in [-0.2, 0) is 0 Å². The molecule has 0 spiro atoms. The zero-order valence-electron chi connectivity index (χ0n) is 16.5. The Morgan fingerprint density at radius 1 is 0.857 bits per heavy atom. The number of hydrogen-bond acceptors (Lipinski definition) is 3. The van der Waals surface area contributed by atoms with Gasteiger partial charge in [-0.25, -0.2) is 4.98 Å². The Kier molecular flexibility index (Phi) is 5.38. The van der Waals surface area contributed by atoms with Crippen molar-refractivity contribution < 1.29 is 5.11 Å². The molecule has 0 amide bonds. The second-order valence-electron chi connectivity index (χ2n) is 7.18. The maximum atomic E-state index is 11.0. The van der Waals surface area contributed by atoms with Crippen LogP contribution in [0.3, 0.4) is 0 Å². The Balaban J connectivity index is 1.82. The second kappa shape index (κ2) is 8.09. The minimum absolute atomic E-state index is 0.549. The molecule has 0 aliphatic rings. The number of aromatic nitrogens is 1. The molecule has 28 heavy (non-hydrogen) atoms. The first kappa shape index (κ1) is 18.6. The lowest BCUT2D eigenvalue weighted by molar-refractivity contribution is 0.120. The highest BCUT2D eigenvalue weighted by Gasteiger charge is 2.17. The first-order valence-electron chi connectivity index (χ1n) is 9.99. The van der Waals surface area contributed by atoms with Crippen LogP contribution in [0.2, 0.25) is 0 Å². The van der Waals surface area contributed by atoms with E-state index in [2.05, 4.69) is 67.3 Å². The quantitative estimate of drug-likeness (QED) is 0.492. The maximum Gasteiger partial charge on any atom is 0.0924 e. The second-order valence-corrected chi connectivity index (χ2v) is 7.18. The van der Waals surface area contributed by atoms with Gasteiger partial charge in [-0.1, -0.05) is 68.4 Å². The van der Waals surface area contributed by atoms with Crippen molar-refractivity contribution in [3.05, 3.63) is 78.4 Å². The molecular formula is C25H26N2O. The van der Waals surface area contributed by atoms with Gasteiger partial charge in [-0.05, 0) is 47.6 Å². The van der Waals surface area contributed by atoms with Crippen LogP contribution in [-0.4, -0.2) is 34.6 Å². The lowest BCUT2D eigenvalue weighted by Gasteiger charge is -2.23. The largest absolute Gasteiger partial charge is 0.387 e. The van der Waals surface area contributed by atoms with E-state index < -0.39 is 6.10 Å². The first-order chi connectivity index (χ1) is 13.7. The SMILES string of the molecule is CCN(CC)C[C@H](O)c1cc(-c2ccc3ccccc3c2)nc2ccccc12. The number of pyridine rings is 1. The molecule has 0 saturated heterocycles. The van der Waals surface area contributed by atoms with E-state index in [0.717, 1.165) is 40.8 Å². The third-order valence-corrected chi connectivity index (χ3v) is 5.48. The van der Waals surface area contributed by atoms with Crippen LogP contribution in [0.1, 0.15) is 25.5 Å². The first-order valence-corrected chi connectivity index (χ1v) is 9.99. The summed E-state index contributed by atoms with van der Waals surface area (Å²) in [6.45, 7) is 6.73. The lowest BCUT2D eigenvalue weighted by Crippen LogP contribution is -2.28. The number of likely N-dealkylation sites (N-methyl/N-ethyl adjacent to an activating group) is 1. The number of hydrogen-bond donors (Lipinski definition) is 1. The number of aliphatic hydroxyl groups is 1. The Labute approximate surface area is 166 Å². The highest BCUT2D eigenvalue weighted by molar-refractivity contribution is 5.89. The van der Waals surface area contributed by atoms with E-state index in [1.54, 1.807) is 0 Å². The van der Waals surface area contributed by atoms with Crippen LogP contribution in [0.5, 0.6) is 0 Å². The molecule has 1 atom stereocenters. The van der Waals surface area contributed by atoms with Gasteiger partial charge in [0.05, 0.1) is 17.3 Å².